The van der Waals surface area contributed by atoms with Crippen LogP contribution in [0, 0.1) is 0 Å². The summed E-state index contributed by atoms with van der Waals surface area (Å²) in [6.07, 6.45) is 1.84. The number of phenols is 1. The maximum Gasteiger partial charge on any atom is 0.322 e. The SMILES string of the molecule is O=C(Nc1cccc(NC(=O)N(Cc2ccccc2O)C[C@H]2CCCO2)c1)c1ccccc1. The van der Waals surface area contributed by atoms with Crippen LogP contribution in [0.3, 0.4) is 0 Å². The molecular weight excluding hydrogens is 418 g/mol. The molecule has 1 saturated heterocycles. The van der Waals surface area contributed by atoms with E-state index in [0.29, 0.717) is 35.7 Å². The summed E-state index contributed by atoms with van der Waals surface area (Å²) < 4.78 is 5.73. The van der Waals surface area contributed by atoms with E-state index in [1.807, 2.05) is 12.1 Å². The fourth-order valence-electron chi connectivity index (χ4n) is 3.77. The van der Waals surface area contributed by atoms with E-state index >= 15 is 0 Å². The van der Waals surface area contributed by atoms with E-state index in [0.717, 1.165) is 12.8 Å². The third kappa shape index (κ3) is 6.11. The van der Waals surface area contributed by atoms with Crippen molar-refractivity contribution in [3.63, 3.8) is 0 Å². The topological polar surface area (TPSA) is 90.9 Å². The molecule has 0 unspecified atom stereocenters. The molecule has 1 atom stereocenters. The van der Waals surface area contributed by atoms with Crippen molar-refractivity contribution in [1.82, 2.24) is 4.90 Å². The Bertz CT molecular complexity index is 1100. The number of aromatic hydroxyl groups is 1. The Morgan fingerprint density at radius 3 is 2.39 bits per heavy atom. The molecule has 0 bridgehead atoms. The number of hydrogen-bond acceptors (Lipinski definition) is 4. The first-order valence-electron chi connectivity index (χ1n) is 11.0. The van der Waals surface area contributed by atoms with Gasteiger partial charge in [-0.05, 0) is 49.2 Å². The van der Waals surface area contributed by atoms with Crippen molar-refractivity contribution in [3.05, 3.63) is 90.0 Å². The molecule has 0 radical (unpaired) electrons. The lowest BCUT2D eigenvalue weighted by molar-refractivity contribution is 0.0817. The zero-order valence-electron chi connectivity index (χ0n) is 18.2. The van der Waals surface area contributed by atoms with E-state index in [-0.39, 0.29) is 30.3 Å². The van der Waals surface area contributed by atoms with Crippen LogP contribution >= 0.6 is 0 Å². The zero-order chi connectivity index (χ0) is 23.0. The quantitative estimate of drug-likeness (QED) is 0.485. The normalized spacial score (nSPS) is 15.1. The van der Waals surface area contributed by atoms with E-state index in [9.17, 15) is 14.7 Å². The molecule has 0 spiro atoms. The molecule has 33 heavy (non-hydrogen) atoms. The first-order chi connectivity index (χ1) is 16.1. The first kappa shape index (κ1) is 22.4. The van der Waals surface area contributed by atoms with E-state index in [1.165, 1.54) is 0 Å². The fraction of sp³-hybridized carbons (Fsp3) is 0.231. The Labute approximate surface area is 193 Å². The van der Waals surface area contributed by atoms with Crippen LogP contribution in [0.2, 0.25) is 0 Å². The molecule has 3 N–H and O–H groups in total. The summed E-state index contributed by atoms with van der Waals surface area (Å²) in [5.74, 6) is -0.0769. The number of hydrogen-bond donors (Lipinski definition) is 3. The molecule has 3 aromatic carbocycles. The van der Waals surface area contributed by atoms with Crippen molar-refractivity contribution in [1.29, 1.82) is 0 Å². The maximum absolute atomic E-state index is 13.2. The molecule has 3 aromatic rings. The minimum atomic E-state index is -0.305. The number of anilines is 2. The fourth-order valence-corrected chi connectivity index (χ4v) is 3.77. The number of para-hydroxylation sites is 1. The number of rotatable bonds is 7. The van der Waals surface area contributed by atoms with Crippen LogP contribution < -0.4 is 10.6 Å². The minimum Gasteiger partial charge on any atom is -0.508 e. The van der Waals surface area contributed by atoms with Gasteiger partial charge < -0.3 is 25.4 Å². The Balaban J connectivity index is 1.46. The van der Waals surface area contributed by atoms with E-state index < -0.39 is 0 Å². The number of urea groups is 1. The second-order valence-corrected chi connectivity index (χ2v) is 7.98. The van der Waals surface area contributed by atoms with Gasteiger partial charge in [-0.25, -0.2) is 4.79 Å². The van der Waals surface area contributed by atoms with Crippen LogP contribution in [0.25, 0.3) is 0 Å². The van der Waals surface area contributed by atoms with Crippen molar-refractivity contribution in [2.45, 2.75) is 25.5 Å². The highest BCUT2D eigenvalue weighted by atomic mass is 16.5. The lowest BCUT2D eigenvalue weighted by atomic mass is 10.1. The van der Waals surface area contributed by atoms with Crippen LogP contribution in [0.5, 0.6) is 5.75 Å². The Morgan fingerprint density at radius 2 is 1.67 bits per heavy atom. The first-order valence-corrected chi connectivity index (χ1v) is 11.0. The molecule has 170 valence electrons. The predicted molar refractivity (Wildman–Crippen MR) is 127 cm³/mol. The van der Waals surface area contributed by atoms with Gasteiger partial charge in [-0.1, -0.05) is 42.5 Å². The molecule has 3 amide bonds. The Kier molecular flexibility index (Phi) is 7.22. The number of phenolic OH excluding ortho intramolecular Hbond substituents is 1. The second-order valence-electron chi connectivity index (χ2n) is 7.98. The van der Waals surface area contributed by atoms with Crippen molar-refractivity contribution >= 4 is 23.3 Å². The third-order valence-electron chi connectivity index (χ3n) is 5.50. The Hall–Kier alpha value is -3.84. The van der Waals surface area contributed by atoms with Crippen LogP contribution in [-0.4, -0.2) is 41.2 Å². The summed E-state index contributed by atoms with van der Waals surface area (Å²) in [6, 6.07) is 22.6. The summed E-state index contributed by atoms with van der Waals surface area (Å²) in [5.41, 5.74) is 2.35. The zero-order valence-corrected chi connectivity index (χ0v) is 18.2. The van der Waals surface area contributed by atoms with Gasteiger partial charge in [0.05, 0.1) is 12.6 Å². The van der Waals surface area contributed by atoms with Crippen LogP contribution in [0.1, 0.15) is 28.8 Å². The molecular formula is C26H27N3O4. The highest BCUT2D eigenvalue weighted by molar-refractivity contribution is 6.04. The molecule has 1 heterocycles. The van der Waals surface area contributed by atoms with Crippen LogP contribution in [0.4, 0.5) is 16.2 Å². The summed E-state index contributed by atoms with van der Waals surface area (Å²) in [4.78, 5) is 27.2. The minimum absolute atomic E-state index is 0.0295. The van der Waals surface area contributed by atoms with Crippen molar-refractivity contribution in [3.8, 4) is 5.75 Å². The molecule has 4 rings (SSSR count). The summed E-state index contributed by atoms with van der Waals surface area (Å²) in [6.45, 7) is 1.37. The number of benzene rings is 3. The molecule has 0 aromatic heterocycles. The van der Waals surface area contributed by atoms with Gasteiger partial charge in [0.1, 0.15) is 5.75 Å². The lowest BCUT2D eigenvalue weighted by Crippen LogP contribution is -2.39. The van der Waals surface area contributed by atoms with Gasteiger partial charge in [-0.3, -0.25) is 4.79 Å². The number of ether oxygens (including phenoxy) is 1. The second kappa shape index (κ2) is 10.7. The molecule has 0 aliphatic carbocycles. The lowest BCUT2D eigenvalue weighted by Gasteiger charge is -2.26. The summed E-state index contributed by atoms with van der Waals surface area (Å²) in [7, 11) is 0. The van der Waals surface area contributed by atoms with Crippen LogP contribution in [-0.2, 0) is 11.3 Å². The maximum atomic E-state index is 13.2. The standard InChI is InChI=1S/C26H27N3O4/c30-24-14-5-4-10-20(24)17-29(18-23-13-7-15-33-23)26(32)28-22-12-6-11-21(16-22)27-25(31)19-8-2-1-3-9-19/h1-6,8-12,14,16,23,30H,7,13,15,17-18H2,(H,27,31)(H,28,32)/t23-/m1/s1. The summed E-state index contributed by atoms with van der Waals surface area (Å²) in [5, 5.41) is 15.9. The van der Waals surface area contributed by atoms with Gasteiger partial charge in [0, 0.05) is 35.7 Å². The van der Waals surface area contributed by atoms with Gasteiger partial charge in [0.15, 0.2) is 0 Å². The predicted octanol–water partition coefficient (Wildman–Crippen LogP) is 4.86. The van der Waals surface area contributed by atoms with E-state index in [4.69, 9.17) is 4.74 Å². The van der Waals surface area contributed by atoms with Gasteiger partial charge >= 0.3 is 6.03 Å². The van der Waals surface area contributed by atoms with E-state index in [1.54, 1.807) is 71.6 Å². The van der Waals surface area contributed by atoms with Crippen molar-refractivity contribution in [2.24, 2.45) is 0 Å². The van der Waals surface area contributed by atoms with Gasteiger partial charge in [-0.2, -0.15) is 0 Å². The van der Waals surface area contributed by atoms with Crippen LogP contribution in [0.15, 0.2) is 78.9 Å². The monoisotopic (exact) mass is 445 g/mol. The average Bonchev–Trinajstić information content (AvgIpc) is 3.34. The Morgan fingerprint density at radius 1 is 0.939 bits per heavy atom. The van der Waals surface area contributed by atoms with Gasteiger partial charge in [0.25, 0.3) is 5.91 Å². The molecule has 7 nitrogen and oxygen atoms in total. The highest BCUT2D eigenvalue weighted by Gasteiger charge is 2.23. The smallest absolute Gasteiger partial charge is 0.322 e. The van der Waals surface area contributed by atoms with E-state index in [2.05, 4.69) is 10.6 Å². The van der Waals surface area contributed by atoms with Gasteiger partial charge in [-0.15, -0.1) is 0 Å². The van der Waals surface area contributed by atoms with Crippen molar-refractivity contribution in [2.75, 3.05) is 23.8 Å². The molecule has 1 aliphatic heterocycles. The van der Waals surface area contributed by atoms with Gasteiger partial charge in [0.2, 0.25) is 0 Å². The molecule has 1 fully saturated rings. The largest absolute Gasteiger partial charge is 0.508 e. The highest BCUT2D eigenvalue weighted by Crippen LogP contribution is 2.22. The number of carbonyl (C=O) groups is 2. The number of nitrogens with zero attached hydrogens (tertiary/aromatic N) is 1. The van der Waals surface area contributed by atoms with Crippen molar-refractivity contribution < 1.29 is 19.4 Å². The molecule has 7 heteroatoms. The molecule has 0 saturated carbocycles. The number of nitrogens with one attached hydrogen (secondary N) is 2. The number of carbonyl (C=O) groups excluding carboxylic acids is 2. The molecule has 1 aliphatic rings. The summed E-state index contributed by atoms with van der Waals surface area (Å²) >= 11 is 0. The average molecular weight is 446 g/mol. The number of amides is 3. The third-order valence-corrected chi connectivity index (χ3v) is 5.50.